The molecule has 0 saturated heterocycles. The molecule has 0 unspecified atom stereocenters. The van der Waals surface area contributed by atoms with E-state index < -0.39 is 11.9 Å². The van der Waals surface area contributed by atoms with Crippen molar-refractivity contribution < 1.29 is 9.13 Å². The van der Waals surface area contributed by atoms with E-state index >= 15 is 0 Å². The van der Waals surface area contributed by atoms with Gasteiger partial charge in [0.05, 0.1) is 52.9 Å². The lowest BCUT2D eigenvalue weighted by molar-refractivity contribution is 0.105. The maximum atomic E-state index is 13.9. The van der Waals surface area contributed by atoms with E-state index in [0.717, 1.165) is 17.7 Å². The zero-order valence-electron chi connectivity index (χ0n) is 25.4. The highest BCUT2D eigenvalue weighted by molar-refractivity contribution is 6.32. The second kappa shape index (κ2) is 14.2. The van der Waals surface area contributed by atoms with Crippen LogP contribution >= 0.6 is 23.2 Å². The minimum atomic E-state index is -0.540. The van der Waals surface area contributed by atoms with E-state index in [1.165, 1.54) is 18.3 Å². The molecule has 0 spiro atoms. The number of fused-ring (bicyclic) bond motifs is 1. The Morgan fingerprint density at radius 3 is 2.64 bits per heavy atom. The van der Waals surface area contributed by atoms with Crippen LogP contribution in [0.5, 0.6) is 0 Å². The molecule has 0 aliphatic carbocycles. The molecular formula is C33H33Cl2FN8O. The van der Waals surface area contributed by atoms with Crippen molar-refractivity contribution in [3.8, 4) is 6.07 Å². The zero-order valence-corrected chi connectivity index (χ0v) is 26.9. The molecule has 3 aromatic carbocycles. The van der Waals surface area contributed by atoms with E-state index in [9.17, 15) is 9.65 Å². The van der Waals surface area contributed by atoms with Crippen molar-refractivity contribution >= 4 is 51.2 Å². The molecule has 5 rings (SSSR count). The summed E-state index contributed by atoms with van der Waals surface area (Å²) < 4.78 is 21.6. The molecule has 2 aromatic heterocycles. The Labute approximate surface area is 271 Å². The van der Waals surface area contributed by atoms with Gasteiger partial charge in [-0.2, -0.15) is 5.26 Å². The van der Waals surface area contributed by atoms with Gasteiger partial charge in [0.2, 0.25) is 0 Å². The van der Waals surface area contributed by atoms with E-state index in [0.29, 0.717) is 51.9 Å². The number of hydrogen-bond donors (Lipinski definition) is 2. The van der Waals surface area contributed by atoms with Gasteiger partial charge in [0, 0.05) is 34.9 Å². The van der Waals surface area contributed by atoms with Gasteiger partial charge in [-0.05, 0) is 69.4 Å². The normalized spacial score (nSPS) is 12.1. The van der Waals surface area contributed by atoms with Crippen LogP contribution in [-0.4, -0.2) is 52.1 Å². The number of nitriles is 1. The van der Waals surface area contributed by atoms with Crippen molar-refractivity contribution in [2.75, 3.05) is 37.9 Å². The predicted molar refractivity (Wildman–Crippen MR) is 177 cm³/mol. The minimum Gasteiger partial charge on any atom is -0.375 e. The van der Waals surface area contributed by atoms with Crippen molar-refractivity contribution in [1.29, 1.82) is 5.26 Å². The number of benzene rings is 3. The molecule has 0 radical (unpaired) electrons. The third-order valence-corrected chi connectivity index (χ3v) is 7.64. The minimum absolute atomic E-state index is 0.0418. The lowest BCUT2D eigenvalue weighted by Crippen LogP contribution is -2.18. The van der Waals surface area contributed by atoms with Crippen molar-refractivity contribution in [3.63, 3.8) is 0 Å². The summed E-state index contributed by atoms with van der Waals surface area (Å²) in [4.78, 5) is 6.72. The zero-order chi connectivity index (χ0) is 32.1. The number of ether oxygens (including phenoxy) is 1. The second-order valence-corrected chi connectivity index (χ2v) is 12.0. The molecule has 0 amide bonds. The molecule has 232 valence electrons. The fourth-order valence-corrected chi connectivity index (χ4v) is 5.17. The molecule has 0 aliphatic heterocycles. The average molecular weight is 648 g/mol. The van der Waals surface area contributed by atoms with E-state index in [2.05, 4.69) is 43.0 Å². The van der Waals surface area contributed by atoms with Crippen LogP contribution in [0.15, 0.2) is 67.0 Å². The van der Waals surface area contributed by atoms with Gasteiger partial charge in [-0.1, -0.05) is 52.7 Å². The first-order valence-corrected chi connectivity index (χ1v) is 15.1. The quantitative estimate of drug-likeness (QED) is 0.133. The van der Waals surface area contributed by atoms with Crippen LogP contribution in [0.1, 0.15) is 48.3 Å². The molecule has 5 aromatic rings. The Kier molecular flexibility index (Phi) is 10.2. The van der Waals surface area contributed by atoms with Crippen molar-refractivity contribution in [3.05, 3.63) is 105 Å². The smallest absolute Gasteiger partial charge is 0.141 e. The maximum Gasteiger partial charge on any atom is 0.141 e. The van der Waals surface area contributed by atoms with Crippen molar-refractivity contribution in [2.45, 2.75) is 32.5 Å². The summed E-state index contributed by atoms with van der Waals surface area (Å²) in [5.41, 5.74) is 5.12. The van der Waals surface area contributed by atoms with Gasteiger partial charge in [0.25, 0.3) is 0 Å². The monoisotopic (exact) mass is 646 g/mol. The van der Waals surface area contributed by atoms with Gasteiger partial charge in [-0.25, -0.2) is 9.07 Å². The maximum absolute atomic E-state index is 13.9. The van der Waals surface area contributed by atoms with Crippen molar-refractivity contribution in [1.82, 2.24) is 24.9 Å². The van der Waals surface area contributed by atoms with E-state index in [4.69, 9.17) is 27.9 Å². The first-order chi connectivity index (χ1) is 21.6. The number of aromatic nitrogens is 4. The van der Waals surface area contributed by atoms with Crippen LogP contribution in [0.3, 0.4) is 0 Å². The predicted octanol–water partition coefficient (Wildman–Crippen LogP) is 7.75. The molecule has 2 heterocycles. The highest BCUT2D eigenvalue weighted by atomic mass is 35.5. The largest absolute Gasteiger partial charge is 0.375 e. The highest BCUT2D eigenvalue weighted by Gasteiger charge is 2.22. The number of rotatable bonds is 12. The van der Waals surface area contributed by atoms with Gasteiger partial charge in [-0.3, -0.25) is 4.98 Å². The number of halogens is 3. The average Bonchev–Trinajstić information content (AvgIpc) is 3.51. The van der Waals surface area contributed by atoms with Gasteiger partial charge in [0.1, 0.15) is 17.6 Å². The molecule has 1 atom stereocenters. The Bertz CT molecular complexity index is 1850. The fraction of sp³-hybridized carbons (Fsp3) is 0.273. The molecule has 45 heavy (non-hydrogen) atoms. The van der Waals surface area contributed by atoms with E-state index in [1.54, 1.807) is 18.2 Å². The highest BCUT2D eigenvalue weighted by Crippen LogP contribution is 2.38. The molecule has 0 bridgehead atoms. The van der Waals surface area contributed by atoms with Crippen LogP contribution in [0.4, 0.5) is 21.5 Å². The summed E-state index contributed by atoms with van der Waals surface area (Å²) in [6.45, 7) is 5.99. The molecule has 9 nitrogen and oxygen atoms in total. The number of likely N-dealkylation sites (N-methyl/N-ethyl adjacent to an activating group) is 1. The van der Waals surface area contributed by atoms with Crippen LogP contribution in [0, 0.1) is 17.1 Å². The first-order valence-electron chi connectivity index (χ1n) is 14.4. The molecule has 2 N–H and O–H groups in total. The first kappa shape index (κ1) is 32.1. The molecule has 0 saturated carbocycles. The summed E-state index contributed by atoms with van der Waals surface area (Å²) in [6.07, 6.45) is 3.41. The van der Waals surface area contributed by atoms with E-state index in [1.807, 2.05) is 57.0 Å². The Morgan fingerprint density at radius 1 is 1.11 bits per heavy atom. The third kappa shape index (κ3) is 7.70. The summed E-state index contributed by atoms with van der Waals surface area (Å²) in [6, 6.07) is 17.8. The van der Waals surface area contributed by atoms with Crippen LogP contribution in [0.2, 0.25) is 10.0 Å². The Balaban J connectivity index is 1.56. The van der Waals surface area contributed by atoms with Gasteiger partial charge < -0.3 is 20.3 Å². The van der Waals surface area contributed by atoms with Crippen LogP contribution in [0.25, 0.3) is 10.9 Å². The second-order valence-electron chi connectivity index (χ2n) is 11.2. The fourth-order valence-electron chi connectivity index (χ4n) is 4.77. The number of pyridine rings is 1. The number of nitrogens with zero attached hydrogens (tertiary/aromatic N) is 6. The summed E-state index contributed by atoms with van der Waals surface area (Å²) in [5, 5.41) is 26.6. The summed E-state index contributed by atoms with van der Waals surface area (Å²) in [7, 11) is 4.02. The molecular weight excluding hydrogens is 614 g/mol. The molecule has 0 fully saturated rings. The molecule has 0 aliphatic rings. The van der Waals surface area contributed by atoms with E-state index in [-0.39, 0.29) is 16.6 Å². The molecule has 12 heteroatoms. The van der Waals surface area contributed by atoms with Gasteiger partial charge in [0.15, 0.2) is 0 Å². The Morgan fingerprint density at radius 2 is 1.93 bits per heavy atom. The lowest BCUT2D eigenvalue weighted by Gasteiger charge is -2.21. The van der Waals surface area contributed by atoms with Crippen LogP contribution in [-0.2, 0) is 11.3 Å². The summed E-state index contributed by atoms with van der Waals surface area (Å²) in [5.74, 6) is -0.540. The lowest BCUT2D eigenvalue weighted by atomic mass is 10.0. The van der Waals surface area contributed by atoms with Crippen molar-refractivity contribution in [2.24, 2.45) is 0 Å². The SMILES string of the molecule is CC(C)n1cc([C@@H](Nc2cc(Cl)cc3c(Nc4ccc(F)c(Cl)c4)c(C#N)cnc23)c2cccc(COCCN(C)C)c2)nn1. The third-order valence-electron chi connectivity index (χ3n) is 7.13. The number of hydrogen-bond acceptors (Lipinski definition) is 8. The van der Waals surface area contributed by atoms with Gasteiger partial charge >= 0.3 is 0 Å². The standard InChI is InChI=1S/C33H33Cl2FN8O/c1-20(2)44-18-30(41-42-44)32(22-7-5-6-21(12-22)19-45-11-10-43(3)4)40-29-14-24(34)13-26-31(23(16-37)17-38-33(26)29)39-25-8-9-28(36)27(35)15-25/h5-9,12-15,17-18,20,32,40H,10-11,19H2,1-4H3,(H,38,39)/t32-/m0/s1. The number of nitrogens with one attached hydrogen (secondary N) is 2. The summed E-state index contributed by atoms with van der Waals surface area (Å²) >= 11 is 12.7. The van der Waals surface area contributed by atoms with Gasteiger partial charge in [-0.15, -0.1) is 5.10 Å². The van der Waals surface area contributed by atoms with Crippen LogP contribution < -0.4 is 10.6 Å². The topological polar surface area (TPSA) is 104 Å². The Hall–Kier alpha value is -4.27. The number of anilines is 3.